The van der Waals surface area contributed by atoms with E-state index in [0.717, 1.165) is 21.2 Å². The van der Waals surface area contributed by atoms with Gasteiger partial charge in [-0.15, -0.1) is 0 Å². The molecule has 0 spiro atoms. The molecule has 164 valence electrons. The van der Waals surface area contributed by atoms with Crippen LogP contribution in [0.4, 0.5) is 4.39 Å². The van der Waals surface area contributed by atoms with Gasteiger partial charge in [0.25, 0.3) is 0 Å². The van der Waals surface area contributed by atoms with Gasteiger partial charge in [-0.3, -0.25) is 0 Å². The number of rotatable bonds is 8. The van der Waals surface area contributed by atoms with Crippen molar-refractivity contribution in [3.05, 3.63) is 92.9 Å². The highest BCUT2D eigenvalue weighted by Gasteiger charge is 2.14. The quantitative estimate of drug-likeness (QED) is 0.289. The van der Waals surface area contributed by atoms with E-state index in [2.05, 4.69) is 31.6 Å². The van der Waals surface area contributed by atoms with Gasteiger partial charge in [-0.05, 0) is 63.5 Å². The van der Waals surface area contributed by atoms with E-state index in [-0.39, 0.29) is 12.4 Å². The number of nitrogens with one attached hydrogen (secondary N) is 2. The molecule has 0 amide bonds. The SMILES string of the molecule is COc1cc(CNn2c(-c3ccccc3)n[nH]c2=S)cc(Br)c1OCc1ccc(F)cc1. The number of aromatic nitrogens is 3. The zero-order chi connectivity index (χ0) is 22.5. The fraction of sp³-hybridized carbons (Fsp3) is 0.130. The van der Waals surface area contributed by atoms with Crippen LogP contribution in [0.5, 0.6) is 11.5 Å². The summed E-state index contributed by atoms with van der Waals surface area (Å²) in [7, 11) is 1.59. The zero-order valence-electron chi connectivity index (χ0n) is 17.1. The molecule has 2 N–H and O–H groups in total. The van der Waals surface area contributed by atoms with E-state index < -0.39 is 0 Å². The topological polar surface area (TPSA) is 64.1 Å². The Kier molecular flexibility index (Phi) is 6.87. The number of nitrogens with zero attached hydrogens (tertiary/aromatic N) is 2. The third-order valence-electron chi connectivity index (χ3n) is 4.73. The van der Waals surface area contributed by atoms with Crippen LogP contribution in [0.1, 0.15) is 11.1 Å². The van der Waals surface area contributed by atoms with E-state index in [9.17, 15) is 4.39 Å². The summed E-state index contributed by atoms with van der Waals surface area (Å²) in [5.74, 6) is 1.57. The molecule has 0 saturated heterocycles. The van der Waals surface area contributed by atoms with Crippen LogP contribution >= 0.6 is 28.1 Å². The van der Waals surface area contributed by atoms with Crippen LogP contribution in [0.3, 0.4) is 0 Å². The van der Waals surface area contributed by atoms with Gasteiger partial charge in [0.15, 0.2) is 17.3 Å². The molecule has 0 aliphatic heterocycles. The third-order valence-corrected chi connectivity index (χ3v) is 5.59. The maximum absolute atomic E-state index is 13.1. The van der Waals surface area contributed by atoms with Gasteiger partial charge in [-0.1, -0.05) is 42.5 Å². The first kappa shape index (κ1) is 22.0. The van der Waals surface area contributed by atoms with Gasteiger partial charge in [0.1, 0.15) is 12.4 Å². The van der Waals surface area contributed by atoms with Crippen LogP contribution in [0.2, 0.25) is 0 Å². The second-order valence-corrected chi connectivity index (χ2v) is 8.15. The highest BCUT2D eigenvalue weighted by atomic mass is 79.9. The number of halogens is 2. The molecule has 9 heteroatoms. The van der Waals surface area contributed by atoms with E-state index in [1.165, 1.54) is 12.1 Å². The molecule has 0 aliphatic rings. The highest BCUT2D eigenvalue weighted by molar-refractivity contribution is 9.10. The molecule has 1 aromatic heterocycles. The van der Waals surface area contributed by atoms with E-state index in [0.29, 0.717) is 28.6 Å². The summed E-state index contributed by atoms with van der Waals surface area (Å²) in [6, 6.07) is 19.8. The average molecular weight is 515 g/mol. The largest absolute Gasteiger partial charge is 0.493 e. The van der Waals surface area contributed by atoms with Crippen molar-refractivity contribution in [1.82, 2.24) is 14.9 Å². The molecule has 0 radical (unpaired) electrons. The Balaban J connectivity index is 1.51. The fourth-order valence-corrected chi connectivity index (χ4v) is 3.95. The Morgan fingerprint density at radius 2 is 1.84 bits per heavy atom. The molecule has 0 aliphatic carbocycles. The fourth-order valence-electron chi connectivity index (χ4n) is 3.15. The Morgan fingerprint density at radius 3 is 2.56 bits per heavy atom. The summed E-state index contributed by atoms with van der Waals surface area (Å²) in [4.78, 5) is 0. The van der Waals surface area contributed by atoms with Crippen molar-refractivity contribution in [3.63, 3.8) is 0 Å². The second-order valence-electron chi connectivity index (χ2n) is 6.91. The summed E-state index contributed by atoms with van der Waals surface area (Å²) in [6.45, 7) is 0.762. The molecule has 0 fully saturated rings. The molecule has 6 nitrogen and oxygen atoms in total. The van der Waals surface area contributed by atoms with Gasteiger partial charge in [0.2, 0.25) is 4.77 Å². The van der Waals surface area contributed by atoms with E-state index in [4.69, 9.17) is 21.7 Å². The van der Waals surface area contributed by atoms with E-state index >= 15 is 0 Å². The first-order chi connectivity index (χ1) is 15.5. The van der Waals surface area contributed by atoms with Crippen LogP contribution in [-0.2, 0) is 13.2 Å². The second kappa shape index (κ2) is 9.97. The van der Waals surface area contributed by atoms with Gasteiger partial charge in [-0.2, -0.15) is 5.10 Å². The Labute approximate surface area is 198 Å². The van der Waals surface area contributed by atoms with Crippen molar-refractivity contribution in [2.24, 2.45) is 0 Å². The number of methoxy groups -OCH3 is 1. The first-order valence-corrected chi connectivity index (χ1v) is 11.0. The van der Waals surface area contributed by atoms with E-state index in [1.807, 2.05) is 42.5 Å². The first-order valence-electron chi connectivity index (χ1n) is 9.75. The lowest BCUT2D eigenvalue weighted by molar-refractivity contribution is 0.282. The molecule has 32 heavy (non-hydrogen) atoms. The monoisotopic (exact) mass is 514 g/mol. The summed E-state index contributed by atoms with van der Waals surface area (Å²) >= 11 is 8.95. The minimum atomic E-state index is -0.280. The number of aromatic amines is 1. The predicted molar refractivity (Wildman–Crippen MR) is 127 cm³/mol. The summed E-state index contributed by atoms with van der Waals surface area (Å²) < 4.78 is 27.5. The Hall–Kier alpha value is -3.17. The van der Waals surface area contributed by atoms with Crippen LogP contribution in [-0.4, -0.2) is 22.0 Å². The van der Waals surface area contributed by atoms with Crippen molar-refractivity contribution >= 4 is 28.1 Å². The summed E-state index contributed by atoms with van der Waals surface area (Å²) in [6.07, 6.45) is 0. The molecule has 1 heterocycles. The molecule has 0 unspecified atom stereocenters. The lowest BCUT2D eigenvalue weighted by Gasteiger charge is -2.16. The van der Waals surface area contributed by atoms with E-state index in [1.54, 1.807) is 23.9 Å². The molecule has 4 aromatic rings. The zero-order valence-corrected chi connectivity index (χ0v) is 19.5. The number of hydrogen-bond donors (Lipinski definition) is 2. The van der Waals surface area contributed by atoms with Crippen LogP contribution in [0, 0.1) is 10.6 Å². The lowest BCUT2D eigenvalue weighted by Crippen LogP contribution is -2.16. The summed E-state index contributed by atoms with van der Waals surface area (Å²) in [5, 5.41) is 7.15. The smallest absolute Gasteiger partial charge is 0.214 e. The lowest BCUT2D eigenvalue weighted by atomic mass is 10.2. The third kappa shape index (κ3) is 5.00. The highest BCUT2D eigenvalue weighted by Crippen LogP contribution is 2.37. The molecule has 3 aromatic carbocycles. The van der Waals surface area contributed by atoms with Crippen molar-refractivity contribution in [1.29, 1.82) is 0 Å². The van der Waals surface area contributed by atoms with Crippen LogP contribution in [0.15, 0.2) is 71.2 Å². The van der Waals surface area contributed by atoms with Crippen LogP contribution < -0.4 is 14.9 Å². The normalized spacial score (nSPS) is 10.7. The van der Waals surface area contributed by atoms with Gasteiger partial charge >= 0.3 is 0 Å². The van der Waals surface area contributed by atoms with Gasteiger partial charge in [0, 0.05) is 5.56 Å². The molecule has 0 saturated carbocycles. The number of hydrogen-bond acceptors (Lipinski definition) is 5. The van der Waals surface area contributed by atoms with Gasteiger partial charge < -0.3 is 14.9 Å². The number of ether oxygens (including phenoxy) is 2. The minimum absolute atomic E-state index is 0.280. The Bertz CT molecular complexity index is 1260. The van der Waals surface area contributed by atoms with Gasteiger partial charge in [0.05, 0.1) is 18.1 Å². The molecular formula is C23H20BrFN4O2S. The Morgan fingerprint density at radius 1 is 1.09 bits per heavy atom. The summed E-state index contributed by atoms with van der Waals surface area (Å²) in [5.41, 5.74) is 6.05. The van der Waals surface area contributed by atoms with Crippen molar-refractivity contribution in [2.45, 2.75) is 13.2 Å². The van der Waals surface area contributed by atoms with Gasteiger partial charge in [-0.25, -0.2) is 14.2 Å². The maximum Gasteiger partial charge on any atom is 0.214 e. The predicted octanol–water partition coefficient (Wildman–Crippen LogP) is 5.84. The molecular weight excluding hydrogens is 495 g/mol. The molecule has 4 rings (SSSR count). The van der Waals surface area contributed by atoms with Crippen molar-refractivity contribution < 1.29 is 13.9 Å². The van der Waals surface area contributed by atoms with Crippen molar-refractivity contribution in [3.8, 4) is 22.9 Å². The maximum atomic E-state index is 13.1. The molecule has 0 bridgehead atoms. The van der Waals surface area contributed by atoms with Crippen molar-refractivity contribution in [2.75, 3.05) is 12.5 Å². The van der Waals surface area contributed by atoms with Crippen LogP contribution in [0.25, 0.3) is 11.4 Å². The molecule has 0 atom stereocenters. The minimum Gasteiger partial charge on any atom is -0.493 e. The average Bonchev–Trinajstić information content (AvgIpc) is 3.18. The number of H-pyrrole nitrogens is 1. The standard InChI is InChI=1S/C23H20BrFN4O2S/c1-30-20-12-16(11-19(24)21(20)31-14-15-7-9-18(25)10-8-15)13-26-29-22(27-28-23(29)32)17-5-3-2-4-6-17/h2-12,26H,13-14H2,1H3,(H,28,32). The number of benzene rings is 3.